The highest BCUT2D eigenvalue weighted by atomic mass is 16.6. The molecule has 5 heteroatoms. The van der Waals surface area contributed by atoms with Crippen molar-refractivity contribution in [1.82, 2.24) is 4.90 Å². The van der Waals surface area contributed by atoms with Crippen LogP contribution in [0.1, 0.15) is 84.5 Å². The normalized spacial score (nSPS) is 15.5. The van der Waals surface area contributed by atoms with E-state index in [2.05, 4.69) is 17.1 Å². The van der Waals surface area contributed by atoms with E-state index in [0.29, 0.717) is 5.69 Å². The number of unbranched alkanes of at least 4 members (excludes halogenated alkanes) is 7. The molecule has 1 amide bonds. The smallest absolute Gasteiger partial charge is 0.411 e. The summed E-state index contributed by atoms with van der Waals surface area (Å²) in [5.74, 6) is 0.789. The van der Waals surface area contributed by atoms with Gasteiger partial charge in [0.1, 0.15) is 11.9 Å². The minimum atomic E-state index is -0.403. The van der Waals surface area contributed by atoms with Gasteiger partial charge in [0.15, 0.2) is 0 Å². The summed E-state index contributed by atoms with van der Waals surface area (Å²) in [6, 6.07) is 7.55. The molecule has 30 heavy (non-hydrogen) atoms. The van der Waals surface area contributed by atoms with Crippen molar-refractivity contribution in [3.63, 3.8) is 0 Å². The number of carbonyl (C=O) groups is 1. The number of rotatable bonds is 14. The van der Waals surface area contributed by atoms with Crippen LogP contribution in [0.4, 0.5) is 10.5 Å². The zero-order valence-corrected chi connectivity index (χ0v) is 19.2. The first-order chi connectivity index (χ1) is 14.7. The second-order valence-corrected chi connectivity index (χ2v) is 8.55. The maximum atomic E-state index is 12.2. The Kier molecular flexibility index (Phi) is 12.4. The van der Waals surface area contributed by atoms with Crippen LogP contribution in [0.5, 0.6) is 5.75 Å². The number of piperidine rings is 1. The third-order valence-electron chi connectivity index (χ3n) is 5.62. The van der Waals surface area contributed by atoms with E-state index < -0.39 is 6.09 Å². The van der Waals surface area contributed by atoms with Gasteiger partial charge in [-0.2, -0.15) is 0 Å². The fourth-order valence-electron chi connectivity index (χ4n) is 3.96. The van der Waals surface area contributed by atoms with Crippen molar-refractivity contribution in [1.29, 1.82) is 0 Å². The van der Waals surface area contributed by atoms with E-state index in [1.807, 2.05) is 31.2 Å². The van der Waals surface area contributed by atoms with Crippen molar-refractivity contribution in [2.45, 2.75) is 90.6 Å². The second kappa shape index (κ2) is 15.1. The summed E-state index contributed by atoms with van der Waals surface area (Å²) >= 11 is 0. The number of hydrogen-bond acceptors (Lipinski definition) is 4. The Balaban J connectivity index is 1.60. The zero-order valence-electron chi connectivity index (χ0n) is 19.2. The summed E-state index contributed by atoms with van der Waals surface area (Å²) < 4.78 is 11.4. The number of likely N-dealkylation sites (tertiary alicyclic amines) is 1. The standard InChI is InChI=1S/C25H42N2O3/c1-3-4-5-6-7-8-9-13-19-29-24-16-14-15-23(20-24)26-25(28)30-22(2)21-27-17-11-10-12-18-27/h14-16,20,22H,3-13,17-19,21H2,1-2H3,(H,26,28)/t22-/m0/s1. The van der Waals surface area contributed by atoms with Crippen LogP contribution in [-0.4, -0.2) is 43.3 Å². The second-order valence-electron chi connectivity index (χ2n) is 8.55. The van der Waals surface area contributed by atoms with Crippen LogP contribution < -0.4 is 10.1 Å². The van der Waals surface area contributed by atoms with Crippen molar-refractivity contribution < 1.29 is 14.3 Å². The highest BCUT2D eigenvalue weighted by molar-refractivity contribution is 5.84. The molecule has 5 nitrogen and oxygen atoms in total. The quantitative estimate of drug-likeness (QED) is 0.345. The lowest BCUT2D eigenvalue weighted by Crippen LogP contribution is -2.37. The van der Waals surface area contributed by atoms with E-state index in [-0.39, 0.29) is 6.10 Å². The molecule has 1 aliphatic rings. The largest absolute Gasteiger partial charge is 0.494 e. The molecule has 1 heterocycles. The minimum absolute atomic E-state index is 0.121. The van der Waals surface area contributed by atoms with Gasteiger partial charge in [-0.1, -0.05) is 64.4 Å². The van der Waals surface area contributed by atoms with Crippen LogP contribution in [0.3, 0.4) is 0 Å². The van der Waals surface area contributed by atoms with Gasteiger partial charge in [-0.15, -0.1) is 0 Å². The lowest BCUT2D eigenvalue weighted by Gasteiger charge is -2.28. The van der Waals surface area contributed by atoms with E-state index >= 15 is 0 Å². The van der Waals surface area contributed by atoms with Crippen LogP contribution in [0.15, 0.2) is 24.3 Å². The van der Waals surface area contributed by atoms with Gasteiger partial charge in [-0.3, -0.25) is 10.2 Å². The van der Waals surface area contributed by atoms with Crippen LogP contribution >= 0.6 is 0 Å². The molecule has 1 aliphatic heterocycles. The lowest BCUT2D eigenvalue weighted by molar-refractivity contribution is 0.0833. The number of nitrogens with one attached hydrogen (secondary N) is 1. The Labute approximate surface area is 183 Å². The van der Waals surface area contributed by atoms with Gasteiger partial charge < -0.3 is 9.47 Å². The lowest BCUT2D eigenvalue weighted by atomic mass is 10.1. The molecule has 1 fully saturated rings. The Bertz CT molecular complexity index is 588. The number of nitrogens with zero attached hydrogens (tertiary/aromatic N) is 1. The third-order valence-corrected chi connectivity index (χ3v) is 5.62. The SMILES string of the molecule is CCCCCCCCCCOc1cccc(NC(=O)O[C@@H](C)CN2CCCCC2)c1. The van der Waals surface area contributed by atoms with E-state index in [4.69, 9.17) is 9.47 Å². The van der Waals surface area contributed by atoms with Crippen molar-refractivity contribution in [2.75, 3.05) is 31.6 Å². The summed E-state index contributed by atoms with van der Waals surface area (Å²) in [5, 5.41) is 2.83. The Morgan fingerprint density at radius 2 is 1.73 bits per heavy atom. The highest BCUT2D eigenvalue weighted by Crippen LogP contribution is 2.19. The van der Waals surface area contributed by atoms with Crippen LogP contribution in [0, 0.1) is 0 Å². The molecular formula is C25H42N2O3. The number of anilines is 1. The van der Waals surface area contributed by atoms with Crippen LogP contribution in [-0.2, 0) is 4.74 Å². The van der Waals surface area contributed by atoms with Crippen molar-refractivity contribution in [2.24, 2.45) is 0 Å². The third kappa shape index (κ3) is 10.9. The van der Waals surface area contributed by atoms with E-state index in [1.54, 1.807) is 0 Å². The molecule has 1 N–H and O–H groups in total. The molecule has 0 saturated carbocycles. The molecule has 0 radical (unpaired) electrons. The molecule has 1 aromatic rings. The van der Waals surface area contributed by atoms with Crippen molar-refractivity contribution >= 4 is 11.8 Å². The first kappa shape index (κ1) is 24.5. The fraction of sp³-hybridized carbons (Fsp3) is 0.720. The monoisotopic (exact) mass is 418 g/mol. The van der Waals surface area contributed by atoms with Gasteiger partial charge in [0, 0.05) is 18.3 Å². The zero-order chi connectivity index (χ0) is 21.4. The van der Waals surface area contributed by atoms with Crippen LogP contribution in [0.2, 0.25) is 0 Å². The number of amides is 1. The van der Waals surface area contributed by atoms with Crippen molar-refractivity contribution in [3.05, 3.63) is 24.3 Å². The maximum Gasteiger partial charge on any atom is 0.411 e. The molecule has 0 bridgehead atoms. The molecule has 0 spiro atoms. The Morgan fingerprint density at radius 3 is 2.47 bits per heavy atom. The van der Waals surface area contributed by atoms with Gasteiger partial charge >= 0.3 is 6.09 Å². The first-order valence-corrected chi connectivity index (χ1v) is 12.1. The molecule has 0 aromatic heterocycles. The molecule has 170 valence electrons. The van der Waals surface area contributed by atoms with E-state index in [1.165, 1.54) is 64.2 Å². The predicted molar refractivity (Wildman–Crippen MR) is 124 cm³/mol. The molecule has 1 aromatic carbocycles. The number of ether oxygens (including phenoxy) is 2. The molecule has 1 saturated heterocycles. The van der Waals surface area contributed by atoms with Gasteiger partial charge in [0.05, 0.1) is 6.61 Å². The summed E-state index contributed by atoms with van der Waals surface area (Å²) in [7, 11) is 0. The average molecular weight is 419 g/mol. The van der Waals surface area contributed by atoms with Gasteiger partial charge in [-0.25, -0.2) is 4.79 Å². The van der Waals surface area contributed by atoms with Crippen LogP contribution in [0.25, 0.3) is 0 Å². The molecule has 1 atom stereocenters. The van der Waals surface area contributed by atoms with Gasteiger partial charge in [0.25, 0.3) is 0 Å². The minimum Gasteiger partial charge on any atom is -0.494 e. The molecular weight excluding hydrogens is 376 g/mol. The molecule has 0 unspecified atom stereocenters. The summed E-state index contributed by atoms with van der Waals surface area (Å²) in [5.41, 5.74) is 0.707. The number of carbonyl (C=O) groups excluding carboxylic acids is 1. The van der Waals surface area contributed by atoms with Crippen molar-refractivity contribution in [3.8, 4) is 5.75 Å². The summed E-state index contributed by atoms with van der Waals surface area (Å²) in [6.07, 6.45) is 13.6. The first-order valence-electron chi connectivity index (χ1n) is 12.1. The number of hydrogen-bond donors (Lipinski definition) is 1. The fourth-order valence-corrected chi connectivity index (χ4v) is 3.96. The maximum absolute atomic E-state index is 12.2. The Hall–Kier alpha value is -1.75. The summed E-state index contributed by atoms with van der Waals surface area (Å²) in [6.45, 7) is 7.94. The number of benzene rings is 1. The van der Waals surface area contributed by atoms with Gasteiger partial charge in [0.2, 0.25) is 0 Å². The van der Waals surface area contributed by atoms with Gasteiger partial charge in [-0.05, 0) is 51.4 Å². The molecule has 0 aliphatic carbocycles. The average Bonchev–Trinajstić information content (AvgIpc) is 2.73. The topological polar surface area (TPSA) is 50.8 Å². The van der Waals surface area contributed by atoms with E-state index in [0.717, 1.165) is 38.4 Å². The predicted octanol–water partition coefficient (Wildman–Crippen LogP) is 6.63. The highest BCUT2D eigenvalue weighted by Gasteiger charge is 2.16. The molecule has 2 rings (SSSR count). The Morgan fingerprint density at radius 1 is 1.03 bits per heavy atom. The van der Waals surface area contributed by atoms with E-state index in [9.17, 15) is 4.79 Å². The summed E-state index contributed by atoms with van der Waals surface area (Å²) in [4.78, 5) is 14.6.